The molecule has 1 aromatic rings. The van der Waals surface area contributed by atoms with Crippen LogP contribution in [0.4, 0.5) is 0 Å². The first-order chi connectivity index (χ1) is 7.53. The first-order valence-corrected chi connectivity index (χ1v) is 7.78. The minimum absolute atomic E-state index is 0.0588. The van der Waals surface area contributed by atoms with Crippen molar-refractivity contribution in [2.75, 3.05) is 19.3 Å². The standard InChI is InChI=1S/C10H18N2O2S2/c1-9(7-10-3-5-15-8-10)12-16(13,14)6-4-11-2/h3,5,8-9,11-12H,4,6-7H2,1-2H3. The van der Waals surface area contributed by atoms with E-state index in [1.54, 1.807) is 18.4 Å². The van der Waals surface area contributed by atoms with Crippen molar-refractivity contribution >= 4 is 21.4 Å². The van der Waals surface area contributed by atoms with Gasteiger partial charge in [0, 0.05) is 12.6 Å². The van der Waals surface area contributed by atoms with Crippen LogP contribution in [0.1, 0.15) is 12.5 Å². The van der Waals surface area contributed by atoms with Gasteiger partial charge in [-0.05, 0) is 42.8 Å². The third kappa shape index (κ3) is 5.07. The van der Waals surface area contributed by atoms with Crippen molar-refractivity contribution in [2.45, 2.75) is 19.4 Å². The lowest BCUT2D eigenvalue weighted by atomic mass is 10.1. The molecule has 16 heavy (non-hydrogen) atoms. The van der Waals surface area contributed by atoms with Gasteiger partial charge >= 0.3 is 0 Å². The summed E-state index contributed by atoms with van der Waals surface area (Å²) in [6.45, 7) is 2.36. The molecule has 2 N–H and O–H groups in total. The summed E-state index contributed by atoms with van der Waals surface area (Å²) in [5.41, 5.74) is 1.17. The van der Waals surface area contributed by atoms with Crippen molar-refractivity contribution in [2.24, 2.45) is 0 Å². The van der Waals surface area contributed by atoms with E-state index < -0.39 is 10.0 Å². The normalized spacial score (nSPS) is 13.9. The molecular formula is C10H18N2O2S2. The molecule has 1 atom stereocenters. The molecule has 0 saturated heterocycles. The Morgan fingerprint density at radius 1 is 1.50 bits per heavy atom. The number of hydrogen-bond acceptors (Lipinski definition) is 4. The van der Waals surface area contributed by atoms with Gasteiger partial charge in [0.05, 0.1) is 5.75 Å². The number of hydrogen-bond donors (Lipinski definition) is 2. The molecule has 0 saturated carbocycles. The minimum Gasteiger partial charge on any atom is -0.319 e. The average molecular weight is 262 g/mol. The molecule has 1 heterocycles. The Morgan fingerprint density at radius 2 is 2.25 bits per heavy atom. The van der Waals surface area contributed by atoms with E-state index in [1.165, 1.54) is 5.56 Å². The summed E-state index contributed by atoms with van der Waals surface area (Å²) in [5.74, 6) is 0.122. The molecule has 0 bridgehead atoms. The predicted molar refractivity (Wildman–Crippen MR) is 68.3 cm³/mol. The van der Waals surface area contributed by atoms with Crippen molar-refractivity contribution < 1.29 is 8.42 Å². The van der Waals surface area contributed by atoms with Gasteiger partial charge in [0.15, 0.2) is 0 Å². The van der Waals surface area contributed by atoms with Crippen LogP contribution in [0, 0.1) is 0 Å². The highest BCUT2D eigenvalue weighted by molar-refractivity contribution is 7.89. The van der Waals surface area contributed by atoms with Gasteiger partial charge in [-0.15, -0.1) is 0 Å². The molecule has 0 aromatic carbocycles. The summed E-state index contributed by atoms with van der Waals surface area (Å²) in [5, 5.41) is 6.86. The summed E-state index contributed by atoms with van der Waals surface area (Å²) in [6, 6.07) is 1.96. The lowest BCUT2D eigenvalue weighted by Gasteiger charge is -2.13. The summed E-state index contributed by atoms with van der Waals surface area (Å²) in [4.78, 5) is 0. The molecule has 4 nitrogen and oxygen atoms in total. The fraction of sp³-hybridized carbons (Fsp3) is 0.600. The molecule has 0 aliphatic heterocycles. The van der Waals surface area contributed by atoms with Crippen molar-refractivity contribution in [1.29, 1.82) is 0 Å². The second kappa shape index (κ2) is 6.34. The second-order valence-corrected chi connectivity index (χ2v) is 6.43. The zero-order chi connectivity index (χ0) is 12.0. The average Bonchev–Trinajstić information content (AvgIpc) is 2.66. The van der Waals surface area contributed by atoms with Crippen molar-refractivity contribution in [3.63, 3.8) is 0 Å². The van der Waals surface area contributed by atoms with Crippen LogP contribution < -0.4 is 10.0 Å². The monoisotopic (exact) mass is 262 g/mol. The Bertz CT molecular complexity index is 387. The van der Waals surface area contributed by atoms with Gasteiger partial charge < -0.3 is 5.32 Å². The van der Waals surface area contributed by atoms with Gasteiger partial charge in [-0.3, -0.25) is 0 Å². The SMILES string of the molecule is CNCCS(=O)(=O)NC(C)Cc1ccsc1. The van der Waals surface area contributed by atoms with Gasteiger partial charge in [0.25, 0.3) is 0 Å². The molecule has 6 heteroatoms. The molecule has 0 radical (unpaired) electrons. The Balaban J connectivity index is 2.41. The smallest absolute Gasteiger partial charge is 0.213 e. The summed E-state index contributed by atoms with van der Waals surface area (Å²) in [7, 11) is -1.41. The van der Waals surface area contributed by atoms with Crippen LogP contribution in [0.25, 0.3) is 0 Å². The van der Waals surface area contributed by atoms with E-state index in [2.05, 4.69) is 10.0 Å². The lowest BCUT2D eigenvalue weighted by Crippen LogP contribution is -2.37. The van der Waals surface area contributed by atoms with E-state index in [0.29, 0.717) is 6.54 Å². The minimum atomic E-state index is -3.16. The van der Waals surface area contributed by atoms with E-state index in [-0.39, 0.29) is 11.8 Å². The van der Waals surface area contributed by atoms with Crippen molar-refractivity contribution in [3.05, 3.63) is 22.4 Å². The highest BCUT2D eigenvalue weighted by Gasteiger charge is 2.14. The Morgan fingerprint density at radius 3 is 2.81 bits per heavy atom. The van der Waals surface area contributed by atoms with E-state index >= 15 is 0 Å². The summed E-state index contributed by atoms with van der Waals surface area (Å²) < 4.78 is 25.8. The van der Waals surface area contributed by atoms with Crippen LogP contribution in [0.5, 0.6) is 0 Å². The number of thiophene rings is 1. The Kier molecular flexibility index (Phi) is 5.40. The molecule has 0 fully saturated rings. The number of nitrogens with one attached hydrogen (secondary N) is 2. The van der Waals surface area contributed by atoms with E-state index in [9.17, 15) is 8.42 Å². The highest BCUT2D eigenvalue weighted by atomic mass is 32.2. The van der Waals surface area contributed by atoms with Crippen LogP contribution in [0.3, 0.4) is 0 Å². The maximum absolute atomic E-state index is 11.6. The summed E-state index contributed by atoms with van der Waals surface area (Å²) >= 11 is 1.63. The van der Waals surface area contributed by atoms with Crippen LogP contribution >= 0.6 is 11.3 Å². The van der Waals surface area contributed by atoms with Crippen molar-refractivity contribution in [1.82, 2.24) is 10.0 Å². The van der Waals surface area contributed by atoms with Crippen LogP contribution in [-0.4, -0.2) is 33.8 Å². The largest absolute Gasteiger partial charge is 0.319 e. The highest BCUT2D eigenvalue weighted by Crippen LogP contribution is 2.08. The van der Waals surface area contributed by atoms with E-state index in [1.807, 2.05) is 23.8 Å². The topological polar surface area (TPSA) is 58.2 Å². The maximum Gasteiger partial charge on any atom is 0.213 e. The molecule has 0 spiro atoms. The lowest BCUT2D eigenvalue weighted by molar-refractivity contribution is 0.558. The van der Waals surface area contributed by atoms with Crippen LogP contribution in [-0.2, 0) is 16.4 Å². The first kappa shape index (κ1) is 13.6. The maximum atomic E-state index is 11.6. The van der Waals surface area contributed by atoms with Gasteiger partial charge in [-0.2, -0.15) is 11.3 Å². The molecule has 1 rings (SSSR count). The van der Waals surface area contributed by atoms with Gasteiger partial charge in [-0.1, -0.05) is 0 Å². The second-order valence-electron chi connectivity index (χ2n) is 3.78. The predicted octanol–water partition coefficient (Wildman–Crippen LogP) is 0.818. The molecule has 1 aromatic heterocycles. The third-order valence-corrected chi connectivity index (χ3v) is 4.36. The fourth-order valence-corrected chi connectivity index (χ4v) is 3.37. The number of sulfonamides is 1. The Labute approximate surface area is 101 Å². The van der Waals surface area contributed by atoms with Gasteiger partial charge in [0.2, 0.25) is 10.0 Å². The third-order valence-electron chi connectivity index (χ3n) is 2.12. The molecule has 0 aliphatic carbocycles. The molecule has 0 amide bonds. The molecule has 0 aliphatic rings. The molecular weight excluding hydrogens is 244 g/mol. The summed E-state index contributed by atoms with van der Waals surface area (Å²) in [6.07, 6.45) is 0.738. The first-order valence-electron chi connectivity index (χ1n) is 5.19. The molecule has 1 unspecified atom stereocenters. The van der Waals surface area contributed by atoms with Gasteiger partial charge in [0.1, 0.15) is 0 Å². The molecule has 92 valence electrons. The van der Waals surface area contributed by atoms with E-state index in [4.69, 9.17) is 0 Å². The quantitative estimate of drug-likeness (QED) is 0.765. The van der Waals surface area contributed by atoms with Gasteiger partial charge in [-0.25, -0.2) is 13.1 Å². The zero-order valence-corrected chi connectivity index (χ0v) is 11.2. The Hall–Kier alpha value is -0.430. The van der Waals surface area contributed by atoms with Crippen molar-refractivity contribution in [3.8, 4) is 0 Å². The van der Waals surface area contributed by atoms with Crippen LogP contribution in [0.2, 0.25) is 0 Å². The van der Waals surface area contributed by atoms with E-state index in [0.717, 1.165) is 6.42 Å². The fourth-order valence-electron chi connectivity index (χ4n) is 1.41. The number of rotatable bonds is 7. The zero-order valence-electron chi connectivity index (χ0n) is 9.56. The van der Waals surface area contributed by atoms with Crippen LogP contribution in [0.15, 0.2) is 16.8 Å².